The number of phenolic OH excluding ortho intramolecular Hbond substituents is 2. The third-order valence-corrected chi connectivity index (χ3v) is 3.69. The molecule has 0 saturated carbocycles. The molecule has 23 heavy (non-hydrogen) atoms. The average molecular weight is 314 g/mol. The van der Waals surface area contributed by atoms with Crippen molar-refractivity contribution in [1.29, 1.82) is 0 Å². The molecule has 0 aromatic heterocycles. The van der Waals surface area contributed by atoms with Crippen molar-refractivity contribution >= 4 is 0 Å². The molecular formula is C19H26N2O2. The monoisotopic (exact) mass is 314 g/mol. The SMILES string of the molecule is Oc1cccc(CNCCCCCNCc2cccc(O)c2)c1. The van der Waals surface area contributed by atoms with Crippen LogP contribution in [0.2, 0.25) is 0 Å². The summed E-state index contributed by atoms with van der Waals surface area (Å²) in [6.07, 6.45) is 3.47. The molecule has 0 aliphatic rings. The van der Waals surface area contributed by atoms with Crippen LogP contribution >= 0.6 is 0 Å². The fraction of sp³-hybridized carbons (Fsp3) is 0.368. The summed E-state index contributed by atoms with van der Waals surface area (Å²) in [4.78, 5) is 0. The summed E-state index contributed by atoms with van der Waals surface area (Å²) >= 11 is 0. The molecule has 0 aliphatic carbocycles. The van der Waals surface area contributed by atoms with E-state index in [4.69, 9.17) is 0 Å². The zero-order chi connectivity index (χ0) is 16.3. The first-order chi connectivity index (χ1) is 11.2. The van der Waals surface area contributed by atoms with Crippen LogP contribution in [0.5, 0.6) is 11.5 Å². The second-order valence-electron chi connectivity index (χ2n) is 5.75. The lowest BCUT2D eigenvalue weighted by atomic mass is 10.2. The van der Waals surface area contributed by atoms with E-state index >= 15 is 0 Å². The van der Waals surface area contributed by atoms with Crippen molar-refractivity contribution in [1.82, 2.24) is 10.6 Å². The van der Waals surface area contributed by atoms with Crippen LogP contribution in [0.4, 0.5) is 0 Å². The van der Waals surface area contributed by atoms with Gasteiger partial charge < -0.3 is 20.8 Å². The highest BCUT2D eigenvalue weighted by Gasteiger charge is 1.96. The molecule has 0 spiro atoms. The Morgan fingerprint density at radius 3 is 1.57 bits per heavy atom. The number of unbranched alkanes of at least 4 members (excludes halogenated alkanes) is 2. The average Bonchev–Trinajstić information content (AvgIpc) is 2.53. The van der Waals surface area contributed by atoms with Crippen molar-refractivity contribution in [2.45, 2.75) is 32.4 Å². The van der Waals surface area contributed by atoms with Gasteiger partial charge in [0.1, 0.15) is 11.5 Å². The van der Waals surface area contributed by atoms with E-state index in [0.29, 0.717) is 11.5 Å². The van der Waals surface area contributed by atoms with Gasteiger partial charge in [0.15, 0.2) is 0 Å². The summed E-state index contributed by atoms with van der Waals surface area (Å²) in [6.45, 7) is 3.57. The van der Waals surface area contributed by atoms with Crippen molar-refractivity contribution in [3.63, 3.8) is 0 Å². The third-order valence-electron chi connectivity index (χ3n) is 3.69. The zero-order valence-corrected chi connectivity index (χ0v) is 13.5. The van der Waals surface area contributed by atoms with Crippen LogP contribution in [0.1, 0.15) is 30.4 Å². The van der Waals surface area contributed by atoms with Gasteiger partial charge in [-0.15, -0.1) is 0 Å². The standard InChI is InChI=1S/C19H26N2O2/c22-18-8-4-6-16(12-18)14-20-10-2-1-3-11-21-15-17-7-5-9-19(23)13-17/h4-9,12-13,20-23H,1-3,10-11,14-15H2. The van der Waals surface area contributed by atoms with Gasteiger partial charge in [-0.05, 0) is 61.3 Å². The van der Waals surface area contributed by atoms with E-state index < -0.39 is 0 Å². The largest absolute Gasteiger partial charge is 0.508 e. The van der Waals surface area contributed by atoms with E-state index in [-0.39, 0.29) is 0 Å². The Labute approximate surface area is 138 Å². The first-order valence-electron chi connectivity index (χ1n) is 8.21. The predicted octanol–water partition coefficient (Wildman–Crippen LogP) is 3.15. The van der Waals surface area contributed by atoms with Crippen molar-refractivity contribution < 1.29 is 10.2 Å². The summed E-state index contributed by atoms with van der Waals surface area (Å²) in [6, 6.07) is 14.7. The number of hydrogen-bond acceptors (Lipinski definition) is 4. The lowest BCUT2D eigenvalue weighted by Gasteiger charge is -2.07. The molecule has 2 rings (SSSR count). The number of benzene rings is 2. The van der Waals surface area contributed by atoms with Gasteiger partial charge >= 0.3 is 0 Å². The molecule has 0 saturated heterocycles. The van der Waals surface area contributed by atoms with E-state index in [2.05, 4.69) is 10.6 Å². The molecule has 0 atom stereocenters. The second-order valence-corrected chi connectivity index (χ2v) is 5.75. The summed E-state index contributed by atoms with van der Waals surface area (Å²) in [5.41, 5.74) is 2.22. The predicted molar refractivity (Wildman–Crippen MR) is 93.5 cm³/mol. The van der Waals surface area contributed by atoms with Crippen LogP contribution in [0.15, 0.2) is 48.5 Å². The quantitative estimate of drug-likeness (QED) is 0.509. The smallest absolute Gasteiger partial charge is 0.115 e. The highest BCUT2D eigenvalue weighted by atomic mass is 16.3. The van der Waals surface area contributed by atoms with Gasteiger partial charge in [0.05, 0.1) is 0 Å². The Morgan fingerprint density at radius 1 is 0.652 bits per heavy atom. The summed E-state index contributed by atoms with van der Waals surface area (Å²) in [5.74, 6) is 0.643. The van der Waals surface area contributed by atoms with Gasteiger partial charge in [-0.3, -0.25) is 0 Å². The molecule has 0 aliphatic heterocycles. The normalized spacial score (nSPS) is 10.8. The molecule has 4 N–H and O–H groups in total. The van der Waals surface area contributed by atoms with E-state index in [1.54, 1.807) is 24.3 Å². The number of aromatic hydroxyl groups is 2. The van der Waals surface area contributed by atoms with Gasteiger partial charge in [0.2, 0.25) is 0 Å². The van der Waals surface area contributed by atoms with E-state index in [9.17, 15) is 10.2 Å². The van der Waals surface area contributed by atoms with Gasteiger partial charge in [-0.2, -0.15) is 0 Å². The Morgan fingerprint density at radius 2 is 1.13 bits per heavy atom. The maximum atomic E-state index is 9.39. The Kier molecular flexibility index (Phi) is 7.43. The lowest BCUT2D eigenvalue weighted by Crippen LogP contribution is -2.17. The van der Waals surface area contributed by atoms with E-state index in [1.807, 2.05) is 24.3 Å². The summed E-state index contributed by atoms with van der Waals surface area (Å²) in [5, 5.41) is 25.6. The lowest BCUT2D eigenvalue weighted by molar-refractivity contribution is 0.473. The Bertz CT molecular complexity index is 536. The molecule has 0 bridgehead atoms. The molecule has 4 heteroatoms. The molecule has 0 unspecified atom stereocenters. The van der Waals surface area contributed by atoms with Crippen molar-refractivity contribution in [3.8, 4) is 11.5 Å². The molecule has 0 fully saturated rings. The molecule has 4 nitrogen and oxygen atoms in total. The fourth-order valence-corrected chi connectivity index (χ4v) is 2.48. The maximum absolute atomic E-state index is 9.39. The van der Waals surface area contributed by atoms with E-state index in [1.165, 1.54) is 6.42 Å². The van der Waals surface area contributed by atoms with Crippen LogP contribution in [-0.4, -0.2) is 23.3 Å². The number of rotatable bonds is 10. The Hall–Kier alpha value is -2.04. The molecule has 2 aromatic carbocycles. The first-order valence-corrected chi connectivity index (χ1v) is 8.21. The highest BCUT2D eigenvalue weighted by Crippen LogP contribution is 2.11. The highest BCUT2D eigenvalue weighted by molar-refractivity contribution is 5.27. The minimum atomic E-state index is 0.321. The van der Waals surface area contributed by atoms with Gasteiger partial charge in [0.25, 0.3) is 0 Å². The molecule has 0 heterocycles. The number of hydrogen-bond donors (Lipinski definition) is 4. The van der Waals surface area contributed by atoms with Gasteiger partial charge in [-0.25, -0.2) is 0 Å². The van der Waals surface area contributed by atoms with Crippen molar-refractivity contribution in [3.05, 3.63) is 59.7 Å². The Balaban J connectivity index is 1.45. The van der Waals surface area contributed by atoms with Crippen LogP contribution in [0, 0.1) is 0 Å². The minimum Gasteiger partial charge on any atom is -0.508 e. The van der Waals surface area contributed by atoms with Gasteiger partial charge in [0, 0.05) is 13.1 Å². The molecule has 0 radical (unpaired) electrons. The zero-order valence-electron chi connectivity index (χ0n) is 13.5. The first kappa shape index (κ1) is 17.3. The molecule has 124 valence electrons. The molecular weight excluding hydrogens is 288 g/mol. The summed E-state index contributed by atoms with van der Waals surface area (Å²) < 4.78 is 0. The van der Waals surface area contributed by atoms with Crippen LogP contribution in [0.25, 0.3) is 0 Å². The fourth-order valence-electron chi connectivity index (χ4n) is 2.48. The second kappa shape index (κ2) is 9.87. The molecule has 0 amide bonds. The topological polar surface area (TPSA) is 64.5 Å². The van der Waals surface area contributed by atoms with Crippen molar-refractivity contribution in [2.75, 3.05) is 13.1 Å². The number of phenols is 2. The third kappa shape index (κ3) is 7.17. The van der Waals surface area contributed by atoms with Crippen molar-refractivity contribution in [2.24, 2.45) is 0 Å². The van der Waals surface area contributed by atoms with Gasteiger partial charge in [-0.1, -0.05) is 30.7 Å². The maximum Gasteiger partial charge on any atom is 0.115 e. The minimum absolute atomic E-state index is 0.321. The molecule has 2 aromatic rings. The number of nitrogens with one attached hydrogen (secondary N) is 2. The van der Waals surface area contributed by atoms with Crippen LogP contribution in [0.3, 0.4) is 0 Å². The van der Waals surface area contributed by atoms with Crippen LogP contribution in [-0.2, 0) is 13.1 Å². The summed E-state index contributed by atoms with van der Waals surface area (Å²) in [7, 11) is 0. The van der Waals surface area contributed by atoms with Crippen LogP contribution < -0.4 is 10.6 Å². The van der Waals surface area contributed by atoms with E-state index in [0.717, 1.165) is 50.1 Å².